The molecule has 27 heavy (non-hydrogen) atoms. The van der Waals surface area contributed by atoms with Gasteiger partial charge >= 0.3 is 6.03 Å². The van der Waals surface area contributed by atoms with Gasteiger partial charge in [-0.15, -0.1) is 0 Å². The molecule has 0 radical (unpaired) electrons. The Morgan fingerprint density at radius 2 is 2.00 bits per heavy atom. The Bertz CT molecular complexity index is 877. The van der Waals surface area contributed by atoms with Gasteiger partial charge in [0.25, 0.3) is 5.91 Å². The fraction of sp³-hybridized carbons (Fsp3) is 0.450. The number of imide groups is 1. The third-order valence-electron chi connectivity index (χ3n) is 5.46. The summed E-state index contributed by atoms with van der Waals surface area (Å²) in [5, 5.41) is 0. The van der Waals surface area contributed by atoms with Crippen LogP contribution >= 0.6 is 0 Å². The zero-order valence-electron chi connectivity index (χ0n) is 16.3. The lowest BCUT2D eigenvalue weighted by Crippen LogP contribution is -2.65. The van der Waals surface area contributed by atoms with Crippen molar-refractivity contribution in [1.29, 1.82) is 0 Å². The molecule has 0 N–H and O–H groups in total. The standard InChI is InChI=1S/C20H25N5O2/c1-12(2)11-25-18(26)16-17(22(5)20(25)27)21-19-23(8-9-24(16)19)15-10-13(3)6-7-14(15)4/h6-7,10,16-17H,1,8-9,11H2,2-5H3. The largest absolute Gasteiger partial charge is 0.328 e. The minimum absolute atomic E-state index is 0.187. The smallest absolute Gasteiger partial charge is 0.325 e. The molecular formula is C20H25N5O2. The summed E-state index contributed by atoms with van der Waals surface area (Å²) >= 11 is 0. The summed E-state index contributed by atoms with van der Waals surface area (Å²) in [7, 11) is 1.71. The Morgan fingerprint density at radius 1 is 1.26 bits per heavy atom. The van der Waals surface area contributed by atoms with Crippen molar-refractivity contribution in [3.63, 3.8) is 0 Å². The molecule has 7 nitrogen and oxygen atoms in total. The number of carbonyl (C=O) groups is 2. The number of aryl methyl sites for hydroxylation is 2. The average molecular weight is 367 g/mol. The number of fused-ring (bicyclic) bond motifs is 3. The van der Waals surface area contributed by atoms with E-state index < -0.39 is 12.2 Å². The molecule has 3 heterocycles. The summed E-state index contributed by atoms with van der Waals surface area (Å²) in [5.41, 5.74) is 4.23. The highest BCUT2D eigenvalue weighted by Crippen LogP contribution is 2.34. The first kappa shape index (κ1) is 17.6. The highest BCUT2D eigenvalue weighted by Gasteiger charge is 2.54. The van der Waals surface area contributed by atoms with Crippen LogP contribution in [0.3, 0.4) is 0 Å². The van der Waals surface area contributed by atoms with E-state index in [-0.39, 0.29) is 18.5 Å². The number of urea groups is 1. The van der Waals surface area contributed by atoms with E-state index in [2.05, 4.69) is 43.5 Å². The van der Waals surface area contributed by atoms with Gasteiger partial charge in [-0.1, -0.05) is 24.3 Å². The van der Waals surface area contributed by atoms with E-state index >= 15 is 0 Å². The number of hydrogen-bond donors (Lipinski definition) is 0. The number of likely N-dealkylation sites (N-methyl/N-ethyl adjacent to an activating group) is 1. The van der Waals surface area contributed by atoms with E-state index in [9.17, 15) is 9.59 Å². The molecule has 2 saturated heterocycles. The molecule has 1 aromatic rings. The number of rotatable bonds is 3. The summed E-state index contributed by atoms with van der Waals surface area (Å²) < 4.78 is 0. The summed E-state index contributed by atoms with van der Waals surface area (Å²) in [4.78, 5) is 37.7. The SMILES string of the molecule is C=C(C)CN1C(=O)C2C(N=C3N(c4cc(C)ccc4C)CCN32)N(C)C1=O. The molecule has 0 aliphatic carbocycles. The maximum Gasteiger partial charge on any atom is 0.328 e. The van der Waals surface area contributed by atoms with E-state index in [1.165, 1.54) is 16.0 Å². The Balaban J connectivity index is 1.69. The molecule has 2 fully saturated rings. The molecule has 0 aromatic heterocycles. The van der Waals surface area contributed by atoms with Crippen LogP contribution in [-0.4, -0.2) is 71.5 Å². The Labute approximate surface area is 159 Å². The monoisotopic (exact) mass is 367 g/mol. The average Bonchev–Trinajstić information content (AvgIpc) is 3.18. The number of benzene rings is 1. The van der Waals surface area contributed by atoms with Gasteiger partial charge in [-0.2, -0.15) is 0 Å². The molecule has 2 atom stereocenters. The predicted molar refractivity (Wildman–Crippen MR) is 105 cm³/mol. The highest BCUT2D eigenvalue weighted by atomic mass is 16.2. The van der Waals surface area contributed by atoms with Crippen LogP contribution in [-0.2, 0) is 4.79 Å². The minimum atomic E-state index is -0.478. The van der Waals surface area contributed by atoms with Crippen LogP contribution in [0, 0.1) is 13.8 Å². The zero-order chi connectivity index (χ0) is 19.5. The Morgan fingerprint density at radius 3 is 2.70 bits per heavy atom. The maximum atomic E-state index is 13.1. The lowest BCUT2D eigenvalue weighted by atomic mass is 10.1. The van der Waals surface area contributed by atoms with Crippen molar-refractivity contribution < 1.29 is 9.59 Å². The minimum Gasteiger partial charge on any atom is -0.325 e. The fourth-order valence-electron chi connectivity index (χ4n) is 4.09. The van der Waals surface area contributed by atoms with E-state index in [4.69, 9.17) is 4.99 Å². The summed E-state index contributed by atoms with van der Waals surface area (Å²) in [6.45, 7) is 11.5. The van der Waals surface area contributed by atoms with E-state index in [0.29, 0.717) is 6.54 Å². The maximum absolute atomic E-state index is 13.1. The molecule has 3 aliphatic rings. The van der Waals surface area contributed by atoms with Crippen molar-refractivity contribution in [1.82, 2.24) is 14.7 Å². The second-order valence-corrected chi connectivity index (χ2v) is 7.70. The van der Waals surface area contributed by atoms with Crippen molar-refractivity contribution in [3.05, 3.63) is 41.5 Å². The first-order valence-corrected chi connectivity index (χ1v) is 9.21. The topological polar surface area (TPSA) is 59.5 Å². The van der Waals surface area contributed by atoms with Crippen molar-refractivity contribution >= 4 is 23.6 Å². The number of nitrogens with zero attached hydrogens (tertiary/aromatic N) is 5. The van der Waals surface area contributed by atoms with Crippen LogP contribution < -0.4 is 4.90 Å². The molecule has 0 saturated carbocycles. The first-order chi connectivity index (χ1) is 12.8. The molecular weight excluding hydrogens is 342 g/mol. The number of anilines is 1. The number of carbonyl (C=O) groups excluding carboxylic acids is 2. The van der Waals surface area contributed by atoms with Gasteiger partial charge in [0.05, 0.1) is 6.54 Å². The molecule has 142 valence electrons. The number of amides is 3. The predicted octanol–water partition coefficient (Wildman–Crippen LogP) is 1.96. The third-order valence-corrected chi connectivity index (χ3v) is 5.46. The van der Waals surface area contributed by atoms with E-state index in [1.807, 2.05) is 11.8 Å². The number of guanidine groups is 1. The number of aliphatic imine (C=N–C) groups is 1. The van der Waals surface area contributed by atoms with Gasteiger partial charge < -0.3 is 14.7 Å². The second-order valence-electron chi connectivity index (χ2n) is 7.70. The van der Waals surface area contributed by atoms with Gasteiger partial charge in [0.1, 0.15) is 0 Å². The van der Waals surface area contributed by atoms with Crippen molar-refractivity contribution in [3.8, 4) is 0 Å². The van der Waals surface area contributed by atoms with E-state index in [0.717, 1.165) is 23.8 Å². The second kappa shape index (κ2) is 6.11. The molecule has 3 aliphatic heterocycles. The van der Waals surface area contributed by atoms with Gasteiger partial charge in [0.15, 0.2) is 12.2 Å². The highest BCUT2D eigenvalue weighted by molar-refractivity contribution is 6.08. The van der Waals surface area contributed by atoms with Crippen LogP contribution in [0.15, 0.2) is 35.3 Å². The molecule has 0 bridgehead atoms. The zero-order valence-corrected chi connectivity index (χ0v) is 16.3. The Hall–Kier alpha value is -2.83. The molecule has 3 amide bonds. The molecule has 0 spiro atoms. The van der Waals surface area contributed by atoms with Crippen LogP contribution in [0.4, 0.5) is 10.5 Å². The van der Waals surface area contributed by atoms with Crippen LogP contribution in [0.2, 0.25) is 0 Å². The van der Waals surface area contributed by atoms with Crippen molar-refractivity contribution in [2.75, 3.05) is 31.6 Å². The third kappa shape index (κ3) is 2.60. The summed E-state index contributed by atoms with van der Waals surface area (Å²) in [6, 6.07) is 5.57. The molecule has 7 heteroatoms. The lowest BCUT2D eigenvalue weighted by molar-refractivity contribution is -0.136. The van der Waals surface area contributed by atoms with Crippen LogP contribution in [0.25, 0.3) is 0 Å². The van der Waals surface area contributed by atoms with E-state index in [1.54, 1.807) is 11.9 Å². The normalized spacial score (nSPS) is 24.4. The quantitative estimate of drug-likeness (QED) is 0.767. The lowest BCUT2D eigenvalue weighted by Gasteiger charge is -2.40. The molecule has 1 aromatic carbocycles. The van der Waals surface area contributed by atoms with Gasteiger partial charge in [0.2, 0.25) is 5.96 Å². The van der Waals surface area contributed by atoms with Gasteiger partial charge in [-0.25, -0.2) is 9.79 Å². The number of hydrogen-bond acceptors (Lipinski definition) is 5. The summed E-state index contributed by atoms with van der Waals surface area (Å²) in [6.07, 6.45) is -0.478. The van der Waals surface area contributed by atoms with Crippen molar-refractivity contribution in [2.45, 2.75) is 33.0 Å². The van der Waals surface area contributed by atoms with Crippen molar-refractivity contribution in [2.24, 2.45) is 4.99 Å². The van der Waals surface area contributed by atoms with Gasteiger partial charge in [0, 0.05) is 25.8 Å². The molecule has 2 unspecified atom stereocenters. The van der Waals surface area contributed by atoms with Gasteiger partial charge in [-0.3, -0.25) is 9.69 Å². The fourth-order valence-corrected chi connectivity index (χ4v) is 4.09. The Kier molecular flexibility index (Phi) is 3.98. The van der Waals surface area contributed by atoms with Gasteiger partial charge in [-0.05, 0) is 38.0 Å². The van der Waals surface area contributed by atoms with Crippen LogP contribution in [0.1, 0.15) is 18.1 Å². The van der Waals surface area contributed by atoms with Crippen LogP contribution in [0.5, 0.6) is 0 Å². The molecule has 4 rings (SSSR count). The first-order valence-electron chi connectivity index (χ1n) is 9.21. The summed E-state index contributed by atoms with van der Waals surface area (Å²) in [5.74, 6) is 0.594.